The zero-order valence-electron chi connectivity index (χ0n) is 17.2. The van der Waals surface area contributed by atoms with Crippen molar-refractivity contribution in [3.05, 3.63) is 72.3 Å². The summed E-state index contributed by atoms with van der Waals surface area (Å²) in [5.41, 5.74) is 0.228. The molecule has 3 unspecified atom stereocenters. The van der Waals surface area contributed by atoms with Crippen molar-refractivity contribution in [1.29, 1.82) is 0 Å². The van der Waals surface area contributed by atoms with Crippen LogP contribution in [0.5, 0.6) is 0 Å². The second kappa shape index (κ2) is 7.21. The number of piperazine rings is 1. The summed E-state index contributed by atoms with van der Waals surface area (Å²) in [5, 5.41) is 4.55. The molecule has 3 amide bonds. The van der Waals surface area contributed by atoms with Crippen LogP contribution in [0.1, 0.15) is 6.42 Å². The molecule has 0 aromatic heterocycles. The fraction of sp³-hybridized carbons (Fsp3) is 0.208. The van der Waals surface area contributed by atoms with E-state index in [1.165, 1.54) is 11.0 Å². The third kappa shape index (κ3) is 2.85. The molecule has 3 fully saturated rings. The van der Waals surface area contributed by atoms with E-state index >= 15 is 0 Å². The van der Waals surface area contributed by atoms with Crippen LogP contribution in [-0.4, -0.2) is 51.5 Å². The Morgan fingerprint density at radius 3 is 2.45 bits per heavy atom. The highest BCUT2D eigenvalue weighted by molar-refractivity contribution is 7.80. The van der Waals surface area contributed by atoms with Gasteiger partial charge in [-0.25, -0.2) is 18.5 Å². The second-order valence-electron chi connectivity index (χ2n) is 8.44. The van der Waals surface area contributed by atoms with Crippen LogP contribution in [0.3, 0.4) is 0 Å². The quantitative estimate of drug-likeness (QED) is 0.457. The van der Waals surface area contributed by atoms with Crippen molar-refractivity contribution < 1.29 is 18.4 Å². The summed E-state index contributed by atoms with van der Waals surface area (Å²) in [6.45, 7) is 0.394. The van der Waals surface area contributed by atoms with E-state index in [0.717, 1.165) is 22.9 Å². The SMILES string of the molecule is O=C1C2C3CC(CN3C(=S)Nc3c(F)cccc3F)N2C(=O)N1c1cccc2ccccc12. The molecular weight excluding hydrogens is 446 g/mol. The summed E-state index contributed by atoms with van der Waals surface area (Å²) in [6, 6.07) is 15.1. The summed E-state index contributed by atoms with van der Waals surface area (Å²) in [4.78, 5) is 31.5. The zero-order valence-corrected chi connectivity index (χ0v) is 18.1. The molecule has 1 N–H and O–H groups in total. The molecule has 166 valence electrons. The van der Waals surface area contributed by atoms with Crippen LogP contribution in [0.15, 0.2) is 60.7 Å². The molecular formula is C24H18F2N4O2S. The number of hydrogen-bond acceptors (Lipinski definition) is 3. The van der Waals surface area contributed by atoms with Crippen LogP contribution in [0.2, 0.25) is 0 Å². The lowest BCUT2D eigenvalue weighted by Crippen LogP contribution is -2.55. The lowest BCUT2D eigenvalue weighted by atomic mass is 10.1. The average Bonchev–Trinajstić information content (AvgIpc) is 3.47. The minimum absolute atomic E-state index is 0.134. The summed E-state index contributed by atoms with van der Waals surface area (Å²) in [6.07, 6.45) is 0.576. The van der Waals surface area contributed by atoms with E-state index in [9.17, 15) is 18.4 Å². The first-order valence-corrected chi connectivity index (χ1v) is 11.0. The number of likely N-dealkylation sites (tertiary alicyclic amines) is 1. The molecule has 3 saturated heterocycles. The van der Waals surface area contributed by atoms with E-state index in [1.807, 2.05) is 36.4 Å². The molecule has 3 aromatic rings. The molecule has 33 heavy (non-hydrogen) atoms. The summed E-state index contributed by atoms with van der Waals surface area (Å²) >= 11 is 5.45. The second-order valence-corrected chi connectivity index (χ2v) is 8.83. The van der Waals surface area contributed by atoms with Gasteiger partial charge in [0.1, 0.15) is 23.4 Å². The monoisotopic (exact) mass is 464 g/mol. The Labute approximate surface area is 193 Å². The fourth-order valence-electron chi connectivity index (χ4n) is 5.31. The Hall–Kier alpha value is -3.59. The molecule has 6 rings (SSSR count). The van der Waals surface area contributed by atoms with Crippen LogP contribution in [0.25, 0.3) is 10.8 Å². The number of thiocarbonyl (C=S) groups is 1. The number of nitrogens with zero attached hydrogens (tertiary/aromatic N) is 3. The first-order chi connectivity index (χ1) is 16.0. The average molecular weight is 464 g/mol. The lowest BCUT2D eigenvalue weighted by molar-refractivity contribution is -0.120. The molecule has 0 spiro atoms. The number of urea groups is 1. The smallest absolute Gasteiger partial charge is 0.332 e. The third-order valence-electron chi connectivity index (χ3n) is 6.73. The van der Waals surface area contributed by atoms with E-state index < -0.39 is 17.7 Å². The number of halogens is 2. The zero-order chi connectivity index (χ0) is 22.9. The molecule has 2 bridgehead atoms. The van der Waals surface area contributed by atoms with Crippen LogP contribution >= 0.6 is 12.2 Å². The van der Waals surface area contributed by atoms with Crippen LogP contribution in [0.4, 0.5) is 25.0 Å². The predicted molar refractivity (Wildman–Crippen MR) is 124 cm³/mol. The molecule has 3 aliphatic rings. The number of rotatable bonds is 2. The molecule has 3 aliphatic heterocycles. The van der Waals surface area contributed by atoms with Crippen molar-refractivity contribution in [2.75, 3.05) is 16.8 Å². The van der Waals surface area contributed by atoms with Gasteiger partial charge in [0.2, 0.25) is 0 Å². The molecule has 3 heterocycles. The van der Waals surface area contributed by atoms with E-state index in [0.29, 0.717) is 18.7 Å². The molecule has 6 nitrogen and oxygen atoms in total. The Kier molecular flexibility index (Phi) is 4.38. The number of benzene rings is 3. The van der Waals surface area contributed by atoms with Gasteiger partial charge in [-0.3, -0.25) is 4.79 Å². The van der Waals surface area contributed by atoms with Gasteiger partial charge in [0.05, 0.1) is 17.8 Å². The van der Waals surface area contributed by atoms with E-state index in [1.54, 1.807) is 15.9 Å². The summed E-state index contributed by atoms with van der Waals surface area (Å²) in [5.74, 6) is -1.82. The van der Waals surface area contributed by atoms with E-state index in [2.05, 4.69) is 5.32 Å². The van der Waals surface area contributed by atoms with Crippen molar-refractivity contribution in [2.45, 2.75) is 24.5 Å². The maximum Gasteiger partial charge on any atom is 0.332 e. The van der Waals surface area contributed by atoms with Gasteiger partial charge in [-0.1, -0.05) is 42.5 Å². The van der Waals surface area contributed by atoms with Crippen LogP contribution < -0.4 is 10.2 Å². The number of amides is 3. The van der Waals surface area contributed by atoms with Crippen molar-refractivity contribution in [2.24, 2.45) is 0 Å². The largest absolute Gasteiger partial charge is 0.341 e. The number of anilines is 2. The van der Waals surface area contributed by atoms with Gasteiger partial charge >= 0.3 is 6.03 Å². The van der Waals surface area contributed by atoms with Gasteiger partial charge in [0.15, 0.2) is 5.11 Å². The predicted octanol–water partition coefficient (Wildman–Crippen LogP) is 4.11. The third-order valence-corrected chi connectivity index (χ3v) is 7.06. The number of imide groups is 1. The Morgan fingerprint density at radius 2 is 1.67 bits per heavy atom. The molecule has 0 aliphatic carbocycles. The van der Waals surface area contributed by atoms with Gasteiger partial charge in [-0.05, 0) is 42.2 Å². The van der Waals surface area contributed by atoms with Gasteiger partial charge in [-0.2, -0.15) is 0 Å². The highest BCUT2D eigenvalue weighted by Gasteiger charge is 2.62. The minimum atomic E-state index is -0.752. The molecule has 0 radical (unpaired) electrons. The lowest BCUT2D eigenvalue weighted by Gasteiger charge is -2.36. The van der Waals surface area contributed by atoms with Crippen molar-refractivity contribution >= 4 is 51.4 Å². The van der Waals surface area contributed by atoms with Crippen LogP contribution in [0, 0.1) is 11.6 Å². The first kappa shape index (κ1) is 20.0. The van der Waals surface area contributed by atoms with Crippen LogP contribution in [-0.2, 0) is 4.79 Å². The maximum atomic E-state index is 14.1. The van der Waals surface area contributed by atoms with E-state index in [4.69, 9.17) is 12.2 Å². The normalized spacial score (nSPS) is 23.6. The standard InChI is InChI=1S/C24H18F2N4O2S/c25-16-8-4-9-17(26)20(16)27-23(33)28-12-14-11-19(28)21-22(31)30(24(32)29(14)21)18-10-3-6-13-5-1-2-7-15(13)18/h1-10,14,19,21H,11-12H2,(H,27,33). The topological polar surface area (TPSA) is 55.9 Å². The molecule has 3 atom stereocenters. The highest BCUT2D eigenvalue weighted by Crippen LogP contribution is 2.43. The minimum Gasteiger partial charge on any atom is -0.341 e. The first-order valence-electron chi connectivity index (χ1n) is 10.6. The van der Waals surface area contributed by atoms with Gasteiger partial charge < -0.3 is 15.1 Å². The van der Waals surface area contributed by atoms with Gasteiger partial charge in [0.25, 0.3) is 5.91 Å². The van der Waals surface area contributed by atoms with Crippen molar-refractivity contribution in [1.82, 2.24) is 9.80 Å². The Bertz CT molecular complexity index is 1320. The Balaban J connectivity index is 1.30. The number of hydrogen-bond donors (Lipinski definition) is 1. The molecule has 3 aromatic carbocycles. The number of para-hydroxylation sites is 1. The summed E-state index contributed by atoms with van der Waals surface area (Å²) in [7, 11) is 0. The fourth-order valence-corrected chi connectivity index (χ4v) is 5.62. The van der Waals surface area contributed by atoms with Crippen molar-refractivity contribution in [3.8, 4) is 0 Å². The number of nitrogens with one attached hydrogen (secondary N) is 1. The van der Waals surface area contributed by atoms with Gasteiger partial charge in [0, 0.05) is 11.9 Å². The summed E-state index contributed by atoms with van der Waals surface area (Å²) < 4.78 is 28.2. The van der Waals surface area contributed by atoms with E-state index in [-0.39, 0.29) is 34.8 Å². The van der Waals surface area contributed by atoms with Gasteiger partial charge in [-0.15, -0.1) is 0 Å². The maximum absolute atomic E-state index is 14.1. The molecule has 9 heteroatoms. The number of carbonyl (C=O) groups is 2. The number of fused-ring (bicyclic) bond motifs is 6. The molecule has 0 saturated carbocycles. The highest BCUT2D eigenvalue weighted by atomic mass is 32.1. The Morgan fingerprint density at radius 1 is 0.970 bits per heavy atom. The number of carbonyl (C=O) groups excluding carboxylic acids is 2. The van der Waals surface area contributed by atoms with Crippen molar-refractivity contribution in [3.63, 3.8) is 0 Å².